The molecule has 0 radical (unpaired) electrons. The quantitative estimate of drug-likeness (QED) is 0.699. The van der Waals surface area contributed by atoms with Gasteiger partial charge in [-0.15, -0.1) is 12.4 Å². The Morgan fingerprint density at radius 3 is 2.32 bits per heavy atom. The van der Waals surface area contributed by atoms with Crippen LogP contribution < -0.4 is 10.0 Å². The Morgan fingerprint density at radius 2 is 1.84 bits per heavy atom. The van der Waals surface area contributed by atoms with Gasteiger partial charge in [0.15, 0.2) is 0 Å². The van der Waals surface area contributed by atoms with Crippen molar-refractivity contribution in [3.63, 3.8) is 0 Å². The van der Waals surface area contributed by atoms with Gasteiger partial charge in [0.2, 0.25) is 10.0 Å². The first-order valence-electron chi connectivity index (χ1n) is 5.98. The monoisotopic (exact) mass is 334 g/mol. The zero-order valence-electron chi connectivity index (χ0n) is 11.3. The van der Waals surface area contributed by atoms with Crippen LogP contribution in [-0.4, -0.2) is 54.2 Å². The molecule has 1 saturated heterocycles. The van der Waals surface area contributed by atoms with Crippen LogP contribution in [0.5, 0.6) is 0 Å². The Kier molecular flexibility index (Phi) is 7.26. The van der Waals surface area contributed by atoms with Gasteiger partial charge in [0.25, 0.3) is 0 Å². The van der Waals surface area contributed by atoms with E-state index in [1.54, 1.807) is 0 Å². The third-order valence-corrected chi connectivity index (χ3v) is 5.66. The topological polar surface area (TPSA) is 92.3 Å². The van der Waals surface area contributed by atoms with E-state index in [1.807, 2.05) is 6.92 Å². The lowest BCUT2D eigenvalue weighted by Crippen LogP contribution is -2.46. The summed E-state index contributed by atoms with van der Waals surface area (Å²) in [6.45, 7) is 4.13. The lowest BCUT2D eigenvalue weighted by molar-refractivity contribution is 0.238. The summed E-state index contributed by atoms with van der Waals surface area (Å²) in [5.74, 6) is -0.702. The first kappa shape index (κ1) is 19.1. The van der Waals surface area contributed by atoms with Gasteiger partial charge in [-0.25, -0.2) is 21.6 Å². The molecule has 1 aliphatic rings. The molecule has 116 valence electrons. The molecule has 1 atom stereocenters. The maximum Gasteiger partial charge on any atom is 0.212 e. The summed E-state index contributed by atoms with van der Waals surface area (Å²) >= 11 is 0. The highest BCUT2D eigenvalue weighted by Gasteiger charge is 2.28. The Bertz CT molecular complexity index is 470. The standard InChI is InChI=1S/C10H22N2O4S2.ClH/c1-10(4-3-5-11-8-10)9-12-18(15,16)7-6-17(2,13)14;/h11-12H,3-9H2,1-2H3;1H. The van der Waals surface area contributed by atoms with E-state index in [2.05, 4.69) is 10.0 Å². The molecule has 19 heavy (non-hydrogen) atoms. The number of sulfonamides is 1. The molecule has 0 bridgehead atoms. The highest BCUT2D eigenvalue weighted by molar-refractivity contribution is 7.93. The van der Waals surface area contributed by atoms with Gasteiger partial charge in [0, 0.05) is 19.3 Å². The van der Waals surface area contributed by atoms with Crippen molar-refractivity contribution < 1.29 is 16.8 Å². The van der Waals surface area contributed by atoms with Gasteiger partial charge in [-0.3, -0.25) is 0 Å². The molecular formula is C10H23ClN2O4S2. The van der Waals surface area contributed by atoms with Gasteiger partial charge >= 0.3 is 0 Å². The second-order valence-electron chi connectivity index (χ2n) is 5.36. The predicted octanol–water partition coefficient (Wildman–Crippen LogP) is -0.238. The van der Waals surface area contributed by atoms with E-state index >= 15 is 0 Å². The van der Waals surface area contributed by atoms with E-state index in [1.165, 1.54) is 0 Å². The molecule has 6 nitrogen and oxygen atoms in total. The summed E-state index contributed by atoms with van der Waals surface area (Å²) in [7, 11) is -6.76. The van der Waals surface area contributed by atoms with Crippen molar-refractivity contribution in [3.05, 3.63) is 0 Å². The molecule has 2 N–H and O–H groups in total. The summed E-state index contributed by atoms with van der Waals surface area (Å²) in [6.07, 6.45) is 3.03. The molecule has 0 aromatic rings. The number of hydrogen-bond donors (Lipinski definition) is 2. The van der Waals surface area contributed by atoms with Crippen molar-refractivity contribution in [3.8, 4) is 0 Å². The molecule has 0 aromatic carbocycles. The van der Waals surface area contributed by atoms with Crippen molar-refractivity contribution in [1.82, 2.24) is 10.0 Å². The van der Waals surface area contributed by atoms with Gasteiger partial charge in [0.1, 0.15) is 9.84 Å². The molecule has 0 spiro atoms. The minimum absolute atomic E-state index is 0. The molecule has 0 aromatic heterocycles. The van der Waals surface area contributed by atoms with Crippen LogP contribution in [-0.2, 0) is 19.9 Å². The van der Waals surface area contributed by atoms with Crippen molar-refractivity contribution in [2.24, 2.45) is 5.41 Å². The summed E-state index contributed by atoms with van der Waals surface area (Å²) in [5, 5.41) is 3.24. The maximum absolute atomic E-state index is 11.7. The lowest BCUT2D eigenvalue weighted by Gasteiger charge is -2.34. The lowest BCUT2D eigenvalue weighted by atomic mass is 9.83. The van der Waals surface area contributed by atoms with E-state index < -0.39 is 19.9 Å². The van der Waals surface area contributed by atoms with Crippen molar-refractivity contribution in [2.45, 2.75) is 19.8 Å². The first-order chi connectivity index (χ1) is 8.12. The summed E-state index contributed by atoms with van der Waals surface area (Å²) in [5.41, 5.74) is -0.0869. The molecular weight excluding hydrogens is 312 g/mol. The second-order valence-corrected chi connectivity index (χ2v) is 9.55. The Balaban J connectivity index is 0.00000324. The van der Waals surface area contributed by atoms with Gasteiger partial charge < -0.3 is 5.32 Å². The zero-order valence-corrected chi connectivity index (χ0v) is 13.8. The fourth-order valence-corrected chi connectivity index (χ4v) is 4.69. The molecule has 1 heterocycles. The van der Waals surface area contributed by atoms with Gasteiger partial charge in [-0.2, -0.15) is 0 Å². The molecule has 1 aliphatic heterocycles. The summed E-state index contributed by atoms with van der Waals surface area (Å²) < 4.78 is 47.7. The van der Waals surface area contributed by atoms with Gasteiger partial charge in [-0.05, 0) is 24.8 Å². The Morgan fingerprint density at radius 1 is 1.21 bits per heavy atom. The van der Waals surface area contributed by atoms with Gasteiger partial charge in [0.05, 0.1) is 11.5 Å². The number of piperidine rings is 1. The molecule has 0 saturated carbocycles. The third kappa shape index (κ3) is 8.09. The summed E-state index contributed by atoms with van der Waals surface area (Å²) in [6, 6.07) is 0. The number of nitrogens with one attached hydrogen (secondary N) is 2. The van der Waals surface area contributed by atoms with Crippen molar-refractivity contribution in [2.75, 3.05) is 37.4 Å². The van der Waals surface area contributed by atoms with E-state index in [9.17, 15) is 16.8 Å². The Labute approximate surface area is 122 Å². The third-order valence-electron chi connectivity index (χ3n) is 3.13. The maximum atomic E-state index is 11.7. The van der Waals surface area contributed by atoms with Crippen molar-refractivity contribution in [1.29, 1.82) is 0 Å². The molecule has 0 aliphatic carbocycles. The van der Waals surface area contributed by atoms with E-state index in [4.69, 9.17) is 0 Å². The largest absolute Gasteiger partial charge is 0.316 e. The second kappa shape index (κ2) is 7.21. The van der Waals surface area contributed by atoms with Crippen LogP contribution >= 0.6 is 12.4 Å². The fourth-order valence-electron chi connectivity index (χ4n) is 1.89. The molecule has 1 unspecified atom stereocenters. The highest BCUT2D eigenvalue weighted by Crippen LogP contribution is 2.24. The SMILES string of the molecule is CC1(CNS(=O)(=O)CCS(C)(=O)=O)CCCNC1.Cl. The smallest absolute Gasteiger partial charge is 0.212 e. The summed E-state index contributed by atoms with van der Waals surface area (Å²) in [4.78, 5) is 0. The van der Waals surface area contributed by atoms with Crippen LogP contribution in [0.1, 0.15) is 19.8 Å². The molecule has 1 fully saturated rings. The number of sulfone groups is 1. The highest BCUT2D eigenvalue weighted by atomic mass is 35.5. The average Bonchev–Trinajstić information content (AvgIpc) is 2.25. The van der Waals surface area contributed by atoms with Crippen LogP contribution in [0, 0.1) is 5.41 Å². The Hall–Kier alpha value is 0.110. The molecule has 1 rings (SSSR count). The number of hydrogen-bond acceptors (Lipinski definition) is 5. The number of rotatable bonds is 6. The van der Waals surface area contributed by atoms with E-state index in [0.717, 1.165) is 32.2 Å². The van der Waals surface area contributed by atoms with Crippen LogP contribution in [0.2, 0.25) is 0 Å². The van der Waals surface area contributed by atoms with Crippen LogP contribution in [0.3, 0.4) is 0 Å². The zero-order chi connectivity index (χ0) is 13.9. The minimum Gasteiger partial charge on any atom is -0.316 e. The molecule has 9 heteroatoms. The minimum atomic E-state index is -3.51. The van der Waals surface area contributed by atoms with Crippen LogP contribution in [0.25, 0.3) is 0 Å². The van der Waals surface area contributed by atoms with Gasteiger partial charge in [-0.1, -0.05) is 6.92 Å². The predicted molar refractivity (Wildman–Crippen MR) is 79.0 cm³/mol. The van der Waals surface area contributed by atoms with E-state index in [0.29, 0.717) is 6.54 Å². The normalized spacial score (nSPS) is 24.7. The first-order valence-corrected chi connectivity index (χ1v) is 9.69. The number of halogens is 1. The van der Waals surface area contributed by atoms with Crippen molar-refractivity contribution >= 4 is 32.3 Å². The average molecular weight is 335 g/mol. The van der Waals surface area contributed by atoms with E-state index in [-0.39, 0.29) is 29.3 Å². The molecule has 0 amide bonds. The van der Waals surface area contributed by atoms with Crippen LogP contribution in [0.4, 0.5) is 0 Å². The van der Waals surface area contributed by atoms with Crippen LogP contribution in [0.15, 0.2) is 0 Å². The fraction of sp³-hybridized carbons (Fsp3) is 1.00.